The molecule has 1 N–H and O–H groups in total. The minimum Gasteiger partial charge on any atom is -0.454 e. The second-order valence-electron chi connectivity index (χ2n) is 3.96. The number of fused-ring (bicyclic) bond motifs is 1. The molecule has 1 heterocycles. The Kier molecular flexibility index (Phi) is 1.77. The van der Waals surface area contributed by atoms with Gasteiger partial charge in [-0.2, -0.15) is 0 Å². The minimum absolute atomic E-state index is 0.553. The van der Waals surface area contributed by atoms with Crippen LogP contribution in [0.2, 0.25) is 0 Å². The van der Waals surface area contributed by atoms with E-state index in [1.165, 1.54) is 30.6 Å². The molecule has 0 aromatic carbocycles. The molecule has 1 aromatic heterocycles. The zero-order chi connectivity index (χ0) is 8.84. The molecule has 1 unspecified atom stereocenters. The first-order valence-electron chi connectivity index (χ1n) is 4.87. The van der Waals surface area contributed by atoms with Crippen molar-refractivity contribution in [1.82, 2.24) is 5.32 Å². The van der Waals surface area contributed by atoms with Gasteiger partial charge in [0, 0.05) is 24.1 Å². The number of halogens is 1. The normalized spacial score (nSPS) is 26.4. The first kappa shape index (κ1) is 8.06. The number of furan rings is 1. The maximum absolute atomic E-state index is 5.53. The van der Waals surface area contributed by atoms with Crippen molar-refractivity contribution in [2.45, 2.75) is 37.8 Å². The highest BCUT2D eigenvalue weighted by atomic mass is 79.9. The van der Waals surface area contributed by atoms with Gasteiger partial charge in [-0.1, -0.05) is 0 Å². The molecule has 2 aliphatic carbocycles. The van der Waals surface area contributed by atoms with E-state index in [4.69, 9.17) is 4.42 Å². The molecular weight excluding hydrogens is 230 g/mol. The summed E-state index contributed by atoms with van der Waals surface area (Å²) in [6.07, 6.45) is 5.00. The summed E-state index contributed by atoms with van der Waals surface area (Å²) in [6.45, 7) is 0. The smallest absolute Gasteiger partial charge is 0.169 e. The zero-order valence-electron chi connectivity index (χ0n) is 7.35. The van der Waals surface area contributed by atoms with Crippen molar-refractivity contribution in [2.24, 2.45) is 0 Å². The summed E-state index contributed by atoms with van der Waals surface area (Å²) in [5, 5.41) is 3.64. The number of nitrogens with one attached hydrogen (secondary N) is 1. The summed E-state index contributed by atoms with van der Waals surface area (Å²) in [6, 6.07) is 3.45. The summed E-state index contributed by atoms with van der Waals surface area (Å²) in [5.74, 6) is 1.17. The Bertz CT molecular complexity index is 330. The fourth-order valence-corrected chi connectivity index (χ4v) is 2.48. The first-order chi connectivity index (χ1) is 6.33. The van der Waals surface area contributed by atoms with Crippen LogP contribution >= 0.6 is 15.9 Å². The van der Waals surface area contributed by atoms with Crippen molar-refractivity contribution in [3.05, 3.63) is 22.1 Å². The molecule has 2 nitrogen and oxygen atoms in total. The zero-order valence-corrected chi connectivity index (χ0v) is 8.93. The molecule has 0 amide bonds. The Labute approximate surface area is 85.8 Å². The van der Waals surface area contributed by atoms with Gasteiger partial charge in [0.25, 0.3) is 0 Å². The molecule has 0 saturated heterocycles. The lowest BCUT2D eigenvalue weighted by atomic mass is 10.2. The Hall–Kier alpha value is -0.280. The molecule has 0 aliphatic heterocycles. The van der Waals surface area contributed by atoms with Crippen LogP contribution < -0.4 is 5.32 Å². The molecule has 3 rings (SSSR count). The fourth-order valence-electron chi connectivity index (χ4n) is 2.04. The van der Waals surface area contributed by atoms with Crippen LogP contribution in [0.4, 0.5) is 0 Å². The quantitative estimate of drug-likeness (QED) is 0.862. The van der Waals surface area contributed by atoms with Crippen LogP contribution in [0, 0.1) is 0 Å². The summed E-state index contributed by atoms with van der Waals surface area (Å²) in [5.41, 5.74) is 1.37. The molecule has 0 bridgehead atoms. The van der Waals surface area contributed by atoms with Crippen LogP contribution in [-0.2, 0) is 6.42 Å². The third kappa shape index (κ3) is 1.44. The predicted molar refractivity (Wildman–Crippen MR) is 53.6 cm³/mol. The molecule has 1 saturated carbocycles. The van der Waals surface area contributed by atoms with Crippen molar-refractivity contribution in [2.75, 3.05) is 0 Å². The topological polar surface area (TPSA) is 25.2 Å². The fraction of sp³-hybridized carbons (Fsp3) is 0.600. The van der Waals surface area contributed by atoms with E-state index in [1.807, 2.05) is 0 Å². The third-order valence-corrected chi connectivity index (χ3v) is 3.25. The lowest BCUT2D eigenvalue weighted by molar-refractivity contribution is 0.485. The van der Waals surface area contributed by atoms with E-state index < -0.39 is 0 Å². The van der Waals surface area contributed by atoms with Crippen LogP contribution in [0.15, 0.2) is 15.2 Å². The van der Waals surface area contributed by atoms with Crippen molar-refractivity contribution >= 4 is 15.9 Å². The average Bonchev–Trinajstić information content (AvgIpc) is 2.73. The Balaban J connectivity index is 1.83. The molecule has 3 heteroatoms. The predicted octanol–water partition coefficient (Wildman–Crippen LogP) is 2.78. The van der Waals surface area contributed by atoms with Gasteiger partial charge in [0.15, 0.2) is 4.67 Å². The van der Waals surface area contributed by atoms with E-state index in [-0.39, 0.29) is 0 Å². The highest BCUT2D eigenvalue weighted by molar-refractivity contribution is 9.10. The molecule has 1 aromatic rings. The van der Waals surface area contributed by atoms with Crippen molar-refractivity contribution < 1.29 is 4.42 Å². The standard InChI is InChI=1S/C10H12BrNO/c11-10-5-7-8(12-6-1-2-6)3-4-9(7)13-10/h5-6,8,12H,1-4H2. The van der Waals surface area contributed by atoms with Gasteiger partial charge >= 0.3 is 0 Å². The number of hydrogen-bond acceptors (Lipinski definition) is 2. The molecule has 13 heavy (non-hydrogen) atoms. The molecule has 0 spiro atoms. The van der Waals surface area contributed by atoms with Crippen LogP contribution in [0.5, 0.6) is 0 Å². The first-order valence-corrected chi connectivity index (χ1v) is 5.66. The second-order valence-corrected chi connectivity index (χ2v) is 4.74. The molecule has 0 radical (unpaired) electrons. The maximum Gasteiger partial charge on any atom is 0.169 e. The van der Waals surface area contributed by atoms with Gasteiger partial charge in [0.1, 0.15) is 5.76 Å². The van der Waals surface area contributed by atoms with Crippen LogP contribution in [0.1, 0.15) is 36.6 Å². The Morgan fingerprint density at radius 2 is 2.23 bits per heavy atom. The minimum atomic E-state index is 0.553. The third-order valence-electron chi connectivity index (χ3n) is 2.86. The average molecular weight is 242 g/mol. The summed E-state index contributed by atoms with van der Waals surface area (Å²) < 4.78 is 6.41. The van der Waals surface area contributed by atoms with Gasteiger partial charge < -0.3 is 9.73 Å². The molecule has 1 atom stereocenters. The second kappa shape index (κ2) is 2.85. The van der Waals surface area contributed by atoms with E-state index in [9.17, 15) is 0 Å². The van der Waals surface area contributed by atoms with Crippen LogP contribution in [-0.4, -0.2) is 6.04 Å². The van der Waals surface area contributed by atoms with Crippen molar-refractivity contribution in [1.29, 1.82) is 0 Å². The van der Waals surface area contributed by atoms with E-state index in [0.29, 0.717) is 6.04 Å². The van der Waals surface area contributed by atoms with Gasteiger partial charge in [0.2, 0.25) is 0 Å². The SMILES string of the molecule is Brc1cc2c(o1)CCC2NC1CC1. The molecule has 70 valence electrons. The lowest BCUT2D eigenvalue weighted by Crippen LogP contribution is -2.20. The van der Waals surface area contributed by atoms with Gasteiger partial charge in [-0.25, -0.2) is 0 Å². The van der Waals surface area contributed by atoms with E-state index in [0.717, 1.165) is 17.1 Å². The van der Waals surface area contributed by atoms with Gasteiger partial charge in [0.05, 0.1) is 0 Å². The Morgan fingerprint density at radius 1 is 1.38 bits per heavy atom. The van der Waals surface area contributed by atoms with Crippen molar-refractivity contribution in [3.63, 3.8) is 0 Å². The monoisotopic (exact) mass is 241 g/mol. The number of hydrogen-bond donors (Lipinski definition) is 1. The van der Waals surface area contributed by atoms with E-state index >= 15 is 0 Å². The lowest BCUT2D eigenvalue weighted by Gasteiger charge is -2.10. The maximum atomic E-state index is 5.53. The summed E-state index contributed by atoms with van der Waals surface area (Å²) >= 11 is 3.37. The van der Waals surface area contributed by atoms with Crippen molar-refractivity contribution in [3.8, 4) is 0 Å². The highest BCUT2D eigenvalue weighted by Gasteiger charge is 2.31. The summed E-state index contributed by atoms with van der Waals surface area (Å²) in [4.78, 5) is 0. The van der Waals surface area contributed by atoms with Gasteiger partial charge in [-0.15, -0.1) is 0 Å². The molecular formula is C10H12BrNO. The largest absolute Gasteiger partial charge is 0.454 e. The summed E-state index contributed by atoms with van der Waals surface area (Å²) in [7, 11) is 0. The highest BCUT2D eigenvalue weighted by Crippen LogP contribution is 2.37. The number of rotatable bonds is 2. The van der Waals surface area contributed by atoms with E-state index in [2.05, 4.69) is 27.3 Å². The van der Waals surface area contributed by atoms with Crippen LogP contribution in [0.25, 0.3) is 0 Å². The van der Waals surface area contributed by atoms with Gasteiger partial charge in [-0.05, 0) is 41.3 Å². The Morgan fingerprint density at radius 3 is 3.00 bits per heavy atom. The van der Waals surface area contributed by atoms with Crippen LogP contribution in [0.3, 0.4) is 0 Å². The number of aryl methyl sites for hydroxylation is 1. The van der Waals surface area contributed by atoms with E-state index in [1.54, 1.807) is 0 Å². The molecule has 1 fully saturated rings. The molecule has 2 aliphatic rings. The van der Waals surface area contributed by atoms with Gasteiger partial charge in [-0.3, -0.25) is 0 Å².